The van der Waals surface area contributed by atoms with Crippen LogP contribution in [0.3, 0.4) is 0 Å². The molecule has 0 N–H and O–H groups in total. The van der Waals surface area contributed by atoms with Crippen molar-refractivity contribution in [2.45, 2.75) is 65.0 Å². The molecule has 2 heterocycles. The molecule has 1 fully saturated rings. The van der Waals surface area contributed by atoms with E-state index in [0.717, 1.165) is 5.92 Å². The Morgan fingerprint density at radius 2 is 1.44 bits per heavy atom. The van der Waals surface area contributed by atoms with Crippen LogP contribution in [0.4, 0.5) is 11.4 Å². The van der Waals surface area contributed by atoms with Crippen molar-refractivity contribution in [3.8, 4) is 0 Å². The van der Waals surface area contributed by atoms with Gasteiger partial charge < -0.3 is 9.80 Å². The molecule has 0 radical (unpaired) electrons. The second-order valence-corrected chi connectivity index (χ2v) is 9.06. The first kappa shape index (κ1) is 16.9. The summed E-state index contributed by atoms with van der Waals surface area (Å²) in [5.41, 5.74) is 8.63. The molecular formula is C25H30N2. The normalized spacial score (nSPS) is 23.9. The van der Waals surface area contributed by atoms with Gasteiger partial charge in [0, 0.05) is 28.2 Å². The van der Waals surface area contributed by atoms with Gasteiger partial charge in [0.2, 0.25) is 0 Å². The fraction of sp³-hybridized carbons (Fsp3) is 0.440. The van der Waals surface area contributed by atoms with Gasteiger partial charge >= 0.3 is 0 Å². The Hall–Kier alpha value is -2.22. The van der Waals surface area contributed by atoms with Gasteiger partial charge in [-0.05, 0) is 55.9 Å². The lowest BCUT2D eigenvalue weighted by Gasteiger charge is -2.38. The molecule has 1 saturated carbocycles. The van der Waals surface area contributed by atoms with Gasteiger partial charge in [-0.15, -0.1) is 0 Å². The van der Waals surface area contributed by atoms with E-state index in [1.54, 1.807) is 0 Å². The molecule has 27 heavy (non-hydrogen) atoms. The maximum atomic E-state index is 2.70. The minimum absolute atomic E-state index is 0.0506. The van der Waals surface area contributed by atoms with E-state index in [-0.39, 0.29) is 5.41 Å². The van der Waals surface area contributed by atoms with Crippen molar-refractivity contribution in [2.75, 3.05) is 9.80 Å². The summed E-state index contributed by atoms with van der Waals surface area (Å²) in [5, 5.41) is 0. The summed E-state index contributed by atoms with van der Waals surface area (Å²) in [6.45, 7) is 9.40. The van der Waals surface area contributed by atoms with E-state index < -0.39 is 0 Å². The minimum atomic E-state index is 0.0506. The zero-order chi connectivity index (χ0) is 18.8. The first-order chi connectivity index (χ1) is 13.0. The molecule has 0 amide bonds. The Bertz CT molecular complexity index is 917. The lowest BCUT2D eigenvalue weighted by atomic mass is 9.83. The molecule has 2 aliphatic heterocycles. The standard InChI is InChI=1S/C25H30N2/c1-17-11-5-9-15-21(17)26-18(2)23-25(3,4)20-14-8-10-16-22(20)27(23)24(26)19-12-6-7-13-19/h5,8-11,14-16,19,24H,6-7,12-13H2,1-4H3. The second-order valence-electron chi connectivity index (χ2n) is 9.06. The summed E-state index contributed by atoms with van der Waals surface area (Å²) in [7, 11) is 0. The molecule has 1 unspecified atom stereocenters. The molecule has 0 saturated heterocycles. The summed E-state index contributed by atoms with van der Waals surface area (Å²) in [6, 6.07) is 18.0. The van der Waals surface area contributed by atoms with E-state index in [1.165, 1.54) is 59.6 Å². The minimum Gasteiger partial charge on any atom is -0.322 e. The highest BCUT2D eigenvalue weighted by atomic mass is 15.4. The number of anilines is 2. The van der Waals surface area contributed by atoms with Crippen LogP contribution in [0.5, 0.6) is 0 Å². The lowest BCUT2D eigenvalue weighted by molar-refractivity contribution is 0.431. The molecule has 3 aliphatic rings. The molecule has 1 atom stereocenters. The fourth-order valence-corrected chi connectivity index (χ4v) is 5.92. The molecular weight excluding hydrogens is 328 g/mol. The van der Waals surface area contributed by atoms with Crippen LogP contribution in [-0.2, 0) is 5.41 Å². The van der Waals surface area contributed by atoms with Crippen LogP contribution in [0.25, 0.3) is 0 Å². The van der Waals surface area contributed by atoms with E-state index >= 15 is 0 Å². The molecule has 0 bridgehead atoms. The predicted molar refractivity (Wildman–Crippen MR) is 114 cm³/mol. The van der Waals surface area contributed by atoms with Crippen molar-refractivity contribution in [3.63, 3.8) is 0 Å². The largest absolute Gasteiger partial charge is 0.322 e. The molecule has 2 heteroatoms. The van der Waals surface area contributed by atoms with Crippen molar-refractivity contribution >= 4 is 11.4 Å². The summed E-state index contributed by atoms with van der Waals surface area (Å²) in [6.07, 6.45) is 5.83. The van der Waals surface area contributed by atoms with Crippen LogP contribution in [0, 0.1) is 12.8 Å². The third-order valence-electron chi connectivity index (χ3n) is 7.10. The topological polar surface area (TPSA) is 6.48 Å². The van der Waals surface area contributed by atoms with Crippen molar-refractivity contribution in [1.82, 2.24) is 0 Å². The number of hydrogen-bond donors (Lipinski definition) is 0. The van der Waals surface area contributed by atoms with Gasteiger partial charge in [0.25, 0.3) is 0 Å². The Labute approximate surface area is 163 Å². The van der Waals surface area contributed by atoms with E-state index in [1.807, 2.05) is 0 Å². The maximum Gasteiger partial charge on any atom is 0.113 e. The van der Waals surface area contributed by atoms with Crippen LogP contribution < -0.4 is 9.80 Å². The second kappa shape index (κ2) is 5.89. The van der Waals surface area contributed by atoms with Gasteiger partial charge in [0.05, 0.1) is 0 Å². The number of aryl methyl sites for hydroxylation is 1. The number of para-hydroxylation sites is 2. The molecule has 5 rings (SSSR count). The highest BCUT2D eigenvalue weighted by Crippen LogP contribution is 2.56. The Morgan fingerprint density at radius 1 is 0.815 bits per heavy atom. The van der Waals surface area contributed by atoms with E-state index in [9.17, 15) is 0 Å². The number of benzene rings is 2. The molecule has 0 aromatic heterocycles. The molecule has 2 nitrogen and oxygen atoms in total. The van der Waals surface area contributed by atoms with Crippen LogP contribution in [0.15, 0.2) is 59.9 Å². The van der Waals surface area contributed by atoms with Gasteiger partial charge in [-0.2, -0.15) is 0 Å². The fourth-order valence-electron chi connectivity index (χ4n) is 5.92. The Balaban J connectivity index is 1.74. The molecule has 1 aliphatic carbocycles. The van der Waals surface area contributed by atoms with Crippen LogP contribution in [0.1, 0.15) is 57.6 Å². The Kier molecular flexibility index (Phi) is 3.69. The average Bonchev–Trinajstić information content (AvgIpc) is 3.33. The molecule has 140 valence electrons. The summed E-state index contributed by atoms with van der Waals surface area (Å²) < 4.78 is 0. The number of fused-ring (bicyclic) bond motifs is 3. The average molecular weight is 359 g/mol. The van der Waals surface area contributed by atoms with Gasteiger partial charge in [-0.3, -0.25) is 0 Å². The maximum absolute atomic E-state index is 2.70. The first-order valence-electron chi connectivity index (χ1n) is 10.5. The highest BCUT2D eigenvalue weighted by Gasteiger charge is 2.52. The van der Waals surface area contributed by atoms with Gasteiger partial charge in [0.15, 0.2) is 0 Å². The third-order valence-corrected chi connectivity index (χ3v) is 7.10. The molecule has 2 aromatic carbocycles. The third kappa shape index (κ3) is 2.25. The number of nitrogens with zero attached hydrogens (tertiary/aromatic N) is 2. The Morgan fingerprint density at radius 3 is 2.15 bits per heavy atom. The summed E-state index contributed by atoms with van der Waals surface area (Å²) >= 11 is 0. The van der Waals surface area contributed by atoms with Crippen molar-refractivity contribution in [1.29, 1.82) is 0 Å². The van der Waals surface area contributed by atoms with E-state index in [0.29, 0.717) is 6.17 Å². The molecule has 0 spiro atoms. The number of allylic oxidation sites excluding steroid dienone is 2. The quantitative estimate of drug-likeness (QED) is 0.616. The van der Waals surface area contributed by atoms with E-state index in [2.05, 4.69) is 86.0 Å². The monoisotopic (exact) mass is 358 g/mol. The van der Waals surface area contributed by atoms with E-state index in [4.69, 9.17) is 0 Å². The predicted octanol–water partition coefficient (Wildman–Crippen LogP) is 6.36. The van der Waals surface area contributed by atoms with Crippen molar-refractivity contribution in [2.24, 2.45) is 5.92 Å². The summed E-state index contributed by atoms with van der Waals surface area (Å²) in [5.74, 6) is 0.721. The van der Waals surface area contributed by atoms with Crippen molar-refractivity contribution in [3.05, 3.63) is 71.1 Å². The SMILES string of the molecule is CC1=C2N(c3ccccc3C2(C)C)C(C2CCCC2)N1c1ccccc1C. The van der Waals surface area contributed by atoms with Crippen LogP contribution >= 0.6 is 0 Å². The highest BCUT2D eigenvalue weighted by molar-refractivity contribution is 5.78. The van der Waals surface area contributed by atoms with Crippen LogP contribution in [-0.4, -0.2) is 6.17 Å². The number of rotatable bonds is 2. The summed E-state index contributed by atoms with van der Waals surface area (Å²) in [4.78, 5) is 5.37. The van der Waals surface area contributed by atoms with Crippen LogP contribution in [0.2, 0.25) is 0 Å². The van der Waals surface area contributed by atoms with Gasteiger partial charge in [-0.1, -0.05) is 63.1 Å². The number of hydrogen-bond acceptors (Lipinski definition) is 2. The van der Waals surface area contributed by atoms with Crippen molar-refractivity contribution < 1.29 is 0 Å². The smallest absolute Gasteiger partial charge is 0.113 e. The zero-order valence-electron chi connectivity index (χ0n) is 17.0. The first-order valence-corrected chi connectivity index (χ1v) is 10.5. The lowest BCUT2D eigenvalue weighted by Crippen LogP contribution is -2.45. The zero-order valence-corrected chi connectivity index (χ0v) is 17.0. The molecule has 2 aromatic rings. The van der Waals surface area contributed by atoms with Gasteiger partial charge in [-0.25, -0.2) is 0 Å². The van der Waals surface area contributed by atoms with Gasteiger partial charge in [0.1, 0.15) is 6.17 Å².